The van der Waals surface area contributed by atoms with Crippen molar-refractivity contribution >= 4 is 129 Å². The van der Waals surface area contributed by atoms with Crippen molar-refractivity contribution in [2.75, 3.05) is 171 Å². The molecule has 4 atom stereocenters. The number of amides is 13. The molecule has 2 aliphatic carbocycles. The number of aromatic carboxylic acids is 1. The average molecular weight is 1870 g/mol. The van der Waals surface area contributed by atoms with Gasteiger partial charge in [-0.05, 0) is 163 Å². The molecule has 2 saturated carbocycles. The number of aromatic nitrogens is 2. The molecule has 0 radical (unpaired) electrons. The maximum atomic E-state index is 13.2. The van der Waals surface area contributed by atoms with Crippen LogP contribution >= 0.6 is 0 Å². The number of hydrogen-bond donors (Lipinski definition) is 8. The largest absolute Gasteiger partial charge is 0.495 e. The zero-order valence-corrected chi connectivity index (χ0v) is 77.1. The second kappa shape index (κ2) is 49.1. The minimum Gasteiger partial charge on any atom is -0.495 e. The first kappa shape index (κ1) is 101. The summed E-state index contributed by atoms with van der Waals surface area (Å²) >= 11 is 0. The molecule has 14 rings (SSSR count). The number of carboxylic acid groups (broad SMARTS) is 1. The molecule has 0 bridgehead atoms. The molecule has 724 valence electrons. The number of carbonyl (C=O) groups excluding carboxylic acids is 13. The number of carboxylic acids is 1. The quantitative estimate of drug-likeness (QED) is 0.0135. The highest BCUT2D eigenvalue weighted by Gasteiger charge is 2.49. The number of rotatable bonds is 45. The van der Waals surface area contributed by atoms with E-state index in [0.29, 0.717) is 158 Å². The van der Waals surface area contributed by atoms with Crippen molar-refractivity contribution in [1.82, 2.24) is 46.4 Å². The molecule has 40 heteroatoms. The van der Waals surface area contributed by atoms with Gasteiger partial charge in [0.1, 0.15) is 58.8 Å². The van der Waals surface area contributed by atoms with Crippen LogP contribution in [0, 0.1) is 0 Å². The normalized spacial score (nSPS) is 18.0. The van der Waals surface area contributed by atoms with Crippen LogP contribution in [0.15, 0.2) is 97.1 Å². The lowest BCUT2D eigenvalue weighted by Crippen LogP contribution is -2.54. The van der Waals surface area contributed by atoms with Crippen molar-refractivity contribution in [1.29, 1.82) is 0 Å². The van der Waals surface area contributed by atoms with Crippen LogP contribution in [0.4, 0.5) is 46.0 Å². The Morgan fingerprint density at radius 3 is 1.21 bits per heavy atom. The zero-order valence-electron chi connectivity index (χ0n) is 77.1. The summed E-state index contributed by atoms with van der Waals surface area (Å²) in [7, 11) is 6.61. The van der Waals surface area contributed by atoms with Crippen molar-refractivity contribution in [2.24, 2.45) is 0 Å². The van der Waals surface area contributed by atoms with Gasteiger partial charge in [0.2, 0.25) is 35.4 Å². The van der Waals surface area contributed by atoms with Crippen LogP contribution in [-0.2, 0) is 66.8 Å². The van der Waals surface area contributed by atoms with Crippen molar-refractivity contribution in [3.05, 3.63) is 130 Å². The Hall–Kier alpha value is -13.3. The molecule has 6 aromatic rings. The molecule has 6 aliphatic heterocycles. The summed E-state index contributed by atoms with van der Waals surface area (Å²) in [5, 5.41) is 28.4. The number of ether oxygens (including phenoxy) is 10. The summed E-state index contributed by atoms with van der Waals surface area (Å²) in [5.74, 6) is -3.17. The number of fused-ring (bicyclic) bond motifs is 4. The number of nitrogens with zero attached hydrogens (tertiary/aromatic N) is 8. The van der Waals surface area contributed by atoms with Crippen molar-refractivity contribution < 1.29 is 120 Å². The lowest BCUT2D eigenvalue weighted by Gasteiger charge is -2.42. The summed E-state index contributed by atoms with van der Waals surface area (Å²) in [5.41, 5.74) is 3.57. The first-order chi connectivity index (χ1) is 65.3. The Morgan fingerprint density at radius 1 is 0.444 bits per heavy atom. The Kier molecular flexibility index (Phi) is 36.6. The van der Waals surface area contributed by atoms with Crippen LogP contribution in [0.2, 0.25) is 0 Å². The number of carbonyl (C=O) groups is 14. The summed E-state index contributed by atoms with van der Waals surface area (Å²) in [6, 6.07) is 24.1. The number of benzene rings is 4. The third-order valence-corrected chi connectivity index (χ3v) is 24.0. The van der Waals surface area contributed by atoms with Gasteiger partial charge in [-0.2, -0.15) is 0 Å². The molecule has 4 aromatic carbocycles. The van der Waals surface area contributed by atoms with Gasteiger partial charge in [0, 0.05) is 90.6 Å². The van der Waals surface area contributed by atoms with Gasteiger partial charge in [-0.25, -0.2) is 14.8 Å². The van der Waals surface area contributed by atoms with Crippen LogP contribution in [0.25, 0.3) is 0 Å². The summed E-state index contributed by atoms with van der Waals surface area (Å²) in [6.45, 7) is 11.9. The number of anilines is 8. The lowest BCUT2D eigenvalue weighted by atomic mass is 10.0. The van der Waals surface area contributed by atoms with E-state index in [2.05, 4.69) is 53.9 Å². The third-order valence-electron chi connectivity index (χ3n) is 24.0. The molecule has 8 N–H and O–H groups in total. The number of pyridine rings is 2. The number of nitrogens with one attached hydrogen (secondary N) is 7. The van der Waals surface area contributed by atoms with Gasteiger partial charge in [0.15, 0.2) is 24.8 Å². The fourth-order valence-corrected chi connectivity index (χ4v) is 17.0. The van der Waals surface area contributed by atoms with E-state index < -0.39 is 83.7 Å². The van der Waals surface area contributed by atoms with E-state index in [1.54, 1.807) is 55.3 Å². The topological polar surface area (TPSA) is 481 Å². The first-order valence-electron chi connectivity index (χ1n) is 45.8. The van der Waals surface area contributed by atoms with E-state index in [-0.39, 0.29) is 107 Å². The molecular formula is C95H119N15O25. The molecular weight excluding hydrogens is 1750 g/mol. The van der Waals surface area contributed by atoms with Gasteiger partial charge in [-0.15, -0.1) is 0 Å². The SMILES string of the molecule is CCCCOCCOCCOCCCNC(=O)COc1cccc2c1C(=O)N(C1CCC(=O)NC1=O)C2=O.COc1cc(C(=O)NCCCOCCOCCOCCCNC(=O)COc2cccc3c2C(=O)N(C2CCC(=O)NC2=O)C3=O)ccc1Nc1ccc2c(n1)N(C1CCCC1)[C@H](C)C(=O)N2C.COc1cc(C(=O)O)ccc1Nc1ccc2c(n1)N(C1CCCC1)[C@@H](C)C(=O)N2C. The van der Waals surface area contributed by atoms with Gasteiger partial charge in [0.05, 0.1) is 118 Å². The Morgan fingerprint density at radius 2 is 0.822 bits per heavy atom. The van der Waals surface area contributed by atoms with Crippen molar-refractivity contribution in [3.8, 4) is 23.0 Å². The second-order valence-corrected chi connectivity index (χ2v) is 33.2. The van der Waals surface area contributed by atoms with Crippen LogP contribution in [0.5, 0.6) is 23.0 Å². The van der Waals surface area contributed by atoms with Gasteiger partial charge in [-0.3, -0.25) is 82.8 Å². The van der Waals surface area contributed by atoms with Gasteiger partial charge < -0.3 is 98.7 Å². The van der Waals surface area contributed by atoms with Crippen molar-refractivity contribution in [2.45, 2.75) is 166 Å². The summed E-state index contributed by atoms with van der Waals surface area (Å²) in [6.07, 6.45) is 12.8. The Labute approximate surface area is 781 Å². The smallest absolute Gasteiger partial charge is 0.335 e. The molecule has 2 saturated heterocycles. The predicted octanol–water partition coefficient (Wildman–Crippen LogP) is 7.57. The van der Waals surface area contributed by atoms with E-state index in [1.807, 2.05) is 38.1 Å². The highest BCUT2D eigenvalue weighted by atomic mass is 16.6. The molecule has 40 nitrogen and oxygen atoms in total. The number of piperidine rings is 2. The van der Waals surface area contributed by atoms with Gasteiger partial charge in [-0.1, -0.05) is 51.2 Å². The van der Waals surface area contributed by atoms with Crippen LogP contribution in [-0.4, -0.2) is 284 Å². The number of likely N-dealkylation sites (N-methyl/N-ethyl adjacent to an activating group) is 2. The maximum absolute atomic E-state index is 13.2. The van der Waals surface area contributed by atoms with Crippen molar-refractivity contribution in [3.63, 3.8) is 0 Å². The predicted molar refractivity (Wildman–Crippen MR) is 492 cm³/mol. The molecule has 135 heavy (non-hydrogen) atoms. The molecule has 2 aromatic heterocycles. The molecule has 8 aliphatic rings. The Bertz CT molecular complexity index is 5300. The van der Waals surface area contributed by atoms with E-state index in [9.17, 15) is 72.2 Å². The minimum atomic E-state index is -1.11. The first-order valence-corrected chi connectivity index (χ1v) is 45.8. The maximum Gasteiger partial charge on any atom is 0.335 e. The van der Waals surface area contributed by atoms with Crippen LogP contribution in [0.1, 0.15) is 192 Å². The highest BCUT2D eigenvalue weighted by Crippen LogP contribution is 2.44. The van der Waals surface area contributed by atoms with E-state index in [4.69, 9.17) is 57.3 Å². The van der Waals surface area contributed by atoms with Crippen LogP contribution < -0.4 is 75.8 Å². The van der Waals surface area contributed by atoms with Gasteiger partial charge in [0.25, 0.3) is 41.4 Å². The molecule has 0 spiro atoms. The molecule has 8 heterocycles. The number of imide groups is 4. The Balaban J connectivity index is 0.000000202. The van der Waals surface area contributed by atoms with Gasteiger partial charge >= 0.3 is 5.97 Å². The second-order valence-electron chi connectivity index (χ2n) is 33.2. The fraction of sp³-hybridized carbons (Fsp3) is 0.495. The third kappa shape index (κ3) is 25.6. The zero-order chi connectivity index (χ0) is 96.2. The molecule has 4 fully saturated rings. The van der Waals surface area contributed by atoms with E-state index in [1.165, 1.54) is 55.6 Å². The number of unbranched alkanes of at least 4 members (excludes halogenated alkanes) is 1. The highest BCUT2D eigenvalue weighted by molar-refractivity contribution is 6.26. The molecule has 2 unspecified atom stereocenters. The minimum absolute atomic E-state index is 0.00172. The lowest BCUT2D eigenvalue weighted by molar-refractivity contribution is -0.137. The van der Waals surface area contributed by atoms with E-state index >= 15 is 0 Å². The molecule has 13 amide bonds. The average Bonchev–Trinajstić information content (AvgIpc) is 1.49. The summed E-state index contributed by atoms with van der Waals surface area (Å²) < 4.78 is 55.2. The number of hydrogen-bond acceptors (Lipinski definition) is 30. The monoisotopic (exact) mass is 1870 g/mol. The van der Waals surface area contributed by atoms with E-state index in [0.717, 1.165) is 104 Å². The standard InChI is InChI=1S/C47H58N8O12.C26H35N3O9.C22H26N4O4/c1-29-45(60)53(2)34-15-17-38(51-42(34)54(29)31-9-4-5-10-31)50-33-14-13-30(27-37(33)63-3)43(58)49-20-8-22-65-24-26-66-25-23-64-21-7-19-48-40(57)28-67-36-12-6-11-32-41(36)47(62)55(46(32)61)35-16-18-39(56)52-44(35)59;1-2-3-11-35-13-15-37-16-14-36-12-5-10-27-22(31)17-38-20-7-4-6-18-23(20)26(34)29(25(18)33)19-8-9-21(30)28-24(19)32;1-13-21(27)25(2)17-10-11-19(24-20(17)26(13)15-6-4-5-7-15)23-16-9-8-14(22(28)29)12-18(16)30-3/h6,11-15,17,27,29,31,35H,4-5,7-10,16,18-26,28H2,1-3H3,(H,48,57)(H,49,58)(H,50,51)(H,52,56,59);4,6-7,19H,2-3,5,8-17H2,1H3,(H,27,31)(H,28,30,32);8-13,15H,4-7H2,1-3H3,(H,23,24)(H,28,29)/t29-,35?;;13-/m1.0/s1. The fourth-order valence-electron chi connectivity index (χ4n) is 17.0. The van der Waals surface area contributed by atoms with Crippen LogP contribution in [0.3, 0.4) is 0 Å². The number of methoxy groups -OCH3 is 2. The summed E-state index contributed by atoms with van der Waals surface area (Å²) in [4.78, 5) is 193.